The average Bonchev–Trinajstić information content (AvgIpc) is 3.33. The molecule has 0 radical (unpaired) electrons. The van der Waals surface area contributed by atoms with Crippen molar-refractivity contribution in [3.63, 3.8) is 0 Å². The monoisotopic (exact) mass is 439 g/mol. The molecule has 5 rings (SSSR count). The Kier molecular flexibility index (Phi) is 5.01. The van der Waals surface area contributed by atoms with Gasteiger partial charge in [-0.3, -0.25) is 0 Å². The van der Waals surface area contributed by atoms with E-state index in [-0.39, 0.29) is 11.6 Å². The molecule has 0 saturated carbocycles. The molecule has 0 atom stereocenters. The maximum atomic E-state index is 10.6. The number of hydrogen-bond donors (Lipinski definition) is 3. The van der Waals surface area contributed by atoms with E-state index in [2.05, 4.69) is 22.2 Å². The van der Waals surface area contributed by atoms with Gasteiger partial charge >= 0.3 is 0 Å². The molecule has 1 aliphatic heterocycles. The lowest BCUT2D eigenvalue weighted by molar-refractivity contribution is 0.443. The first-order valence-corrected chi connectivity index (χ1v) is 11.4. The van der Waals surface area contributed by atoms with Crippen LogP contribution in [0, 0.1) is 0 Å². The van der Waals surface area contributed by atoms with E-state index in [1.807, 2.05) is 12.1 Å². The number of aromatic nitrogens is 3. The number of hydrogen-bond acceptors (Lipinski definition) is 9. The van der Waals surface area contributed by atoms with Crippen LogP contribution in [0.25, 0.3) is 31.4 Å². The summed E-state index contributed by atoms with van der Waals surface area (Å²) in [6.45, 7) is 2.09. The topological polar surface area (TPSA) is 94.4 Å². The molecule has 0 bridgehead atoms. The fourth-order valence-electron chi connectivity index (χ4n) is 3.74. The Balaban J connectivity index is 1.41. The van der Waals surface area contributed by atoms with Crippen LogP contribution in [0.15, 0.2) is 36.5 Å². The summed E-state index contributed by atoms with van der Waals surface area (Å²) in [5.41, 5.74) is 2.27. The first-order valence-electron chi connectivity index (χ1n) is 9.78. The van der Waals surface area contributed by atoms with Gasteiger partial charge in [-0.15, -0.1) is 0 Å². The Morgan fingerprint density at radius 1 is 1.00 bits per heavy atom. The summed E-state index contributed by atoms with van der Waals surface area (Å²) in [5, 5.41) is 25.3. The molecule has 9 heteroatoms. The number of thiazole rings is 2. The minimum atomic E-state index is -0.0486. The minimum absolute atomic E-state index is 0.0486. The largest absolute Gasteiger partial charge is 0.507 e. The summed E-state index contributed by atoms with van der Waals surface area (Å²) in [5.74, 6) is 0.102. The Bertz CT molecular complexity index is 1170. The lowest BCUT2D eigenvalue weighted by Gasteiger charge is -2.31. The van der Waals surface area contributed by atoms with Crippen LogP contribution in [0.5, 0.6) is 11.6 Å². The standard InChI is InChI=1S/C21H21N5O2S2/c1-26(14-5-7-22-8-6-14)21-25-20-19(30-21)24-18(29-20)15-3-2-12(10-16(15)27)13-4-9-23-17(28)11-13/h2-4,9-11,14,22,27H,5-8H2,1H3,(H,23,28). The third kappa shape index (κ3) is 3.60. The number of phenolic OH excluding ortho intramolecular Hbond substituents is 1. The summed E-state index contributed by atoms with van der Waals surface area (Å²) in [6.07, 6.45) is 3.78. The zero-order chi connectivity index (χ0) is 20.7. The van der Waals surface area contributed by atoms with E-state index in [1.165, 1.54) is 17.5 Å². The SMILES string of the molecule is CN(c1nc2sc(-c3ccc(-c4ccnc(O)c4)cc3O)nc2s1)C1CCNCC1. The van der Waals surface area contributed by atoms with Crippen molar-refractivity contribution in [2.45, 2.75) is 18.9 Å². The van der Waals surface area contributed by atoms with Gasteiger partial charge in [0, 0.05) is 25.4 Å². The van der Waals surface area contributed by atoms with Crippen molar-refractivity contribution < 1.29 is 10.2 Å². The van der Waals surface area contributed by atoms with E-state index in [4.69, 9.17) is 9.97 Å². The van der Waals surface area contributed by atoms with Crippen LogP contribution in [-0.2, 0) is 0 Å². The number of rotatable bonds is 4. The zero-order valence-electron chi connectivity index (χ0n) is 16.4. The van der Waals surface area contributed by atoms with Crippen LogP contribution in [-0.4, -0.2) is 51.3 Å². The van der Waals surface area contributed by atoms with Gasteiger partial charge in [0.1, 0.15) is 10.8 Å². The quantitative estimate of drug-likeness (QED) is 0.441. The van der Waals surface area contributed by atoms with E-state index in [0.29, 0.717) is 11.6 Å². The first kappa shape index (κ1) is 19.2. The first-order chi connectivity index (χ1) is 14.6. The predicted molar refractivity (Wildman–Crippen MR) is 122 cm³/mol. The predicted octanol–water partition coefficient (Wildman–Crippen LogP) is 4.08. The van der Waals surface area contributed by atoms with Gasteiger partial charge < -0.3 is 20.4 Å². The van der Waals surface area contributed by atoms with E-state index in [0.717, 1.165) is 56.9 Å². The molecule has 0 unspecified atom stereocenters. The minimum Gasteiger partial charge on any atom is -0.507 e. The van der Waals surface area contributed by atoms with E-state index in [9.17, 15) is 10.2 Å². The van der Waals surface area contributed by atoms with Crippen LogP contribution < -0.4 is 10.2 Å². The number of phenols is 1. The summed E-state index contributed by atoms with van der Waals surface area (Å²) < 4.78 is 0. The normalized spacial score (nSPS) is 15.0. The van der Waals surface area contributed by atoms with Crippen molar-refractivity contribution in [3.8, 4) is 33.3 Å². The van der Waals surface area contributed by atoms with Gasteiger partial charge in [-0.2, -0.15) is 0 Å². The molecule has 1 aliphatic rings. The molecule has 30 heavy (non-hydrogen) atoms. The number of nitrogens with one attached hydrogen (secondary N) is 1. The molecule has 1 fully saturated rings. The molecule has 4 heterocycles. The van der Waals surface area contributed by atoms with Crippen LogP contribution in [0.3, 0.4) is 0 Å². The van der Waals surface area contributed by atoms with E-state index in [1.54, 1.807) is 29.5 Å². The van der Waals surface area contributed by atoms with Crippen molar-refractivity contribution in [2.24, 2.45) is 0 Å². The van der Waals surface area contributed by atoms with Gasteiger partial charge in [0.25, 0.3) is 0 Å². The molecule has 0 spiro atoms. The number of pyridine rings is 1. The molecular weight excluding hydrogens is 418 g/mol. The number of aromatic hydroxyl groups is 2. The van der Waals surface area contributed by atoms with E-state index >= 15 is 0 Å². The smallest absolute Gasteiger partial charge is 0.211 e. The van der Waals surface area contributed by atoms with E-state index < -0.39 is 0 Å². The Morgan fingerprint density at radius 2 is 1.77 bits per heavy atom. The molecule has 1 saturated heterocycles. The lowest BCUT2D eigenvalue weighted by atomic mass is 10.0. The zero-order valence-corrected chi connectivity index (χ0v) is 18.0. The lowest BCUT2D eigenvalue weighted by Crippen LogP contribution is -2.41. The molecule has 7 nitrogen and oxygen atoms in total. The molecule has 3 aromatic heterocycles. The van der Waals surface area contributed by atoms with Crippen LogP contribution >= 0.6 is 22.7 Å². The van der Waals surface area contributed by atoms with Crippen LogP contribution in [0.4, 0.5) is 5.13 Å². The highest BCUT2D eigenvalue weighted by Crippen LogP contribution is 2.40. The molecule has 154 valence electrons. The fraction of sp³-hybridized carbons (Fsp3) is 0.286. The maximum absolute atomic E-state index is 10.6. The van der Waals surface area contributed by atoms with Gasteiger partial charge in [-0.05, 0) is 55.3 Å². The summed E-state index contributed by atoms with van der Waals surface area (Å²) in [6, 6.07) is 9.31. The number of fused-ring (bicyclic) bond motifs is 1. The van der Waals surface area contributed by atoms with Gasteiger partial charge in [-0.1, -0.05) is 28.7 Å². The van der Waals surface area contributed by atoms with Crippen LogP contribution in [0.1, 0.15) is 12.8 Å². The second-order valence-corrected chi connectivity index (χ2v) is 9.29. The van der Waals surface area contributed by atoms with Crippen molar-refractivity contribution in [1.29, 1.82) is 0 Å². The number of anilines is 1. The Hall–Kier alpha value is -2.75. The molecule has 1 aromatic carbocycles. The fourth-order valence-corrected chi connectivity index (χ4v) is 5.84. The van der Waals surface area contributed by atoms with Gasteiger partial charge in [0.15, 0.2) is 14.8 Å². The highest BCUT2D eigenvalue weighted by atomic mass is 32.1. The van der Waals surface area contributed by atoms with Crippen molar-refractivity contribution in [3.05, 3.63) is 36.5 Å². The second kappa shape index (κ2) is 7.82. The molecule has 3 N–H and O–H groups in total. The third-order valence-electron chi connectivity index (χ3n) is 5.43. The molecule has 0 amide bonds. The molecular formula is C21H21N5O2S2. The van der Waals surface area contributed by atoms with Gasteiger partial charge in [-0.25, -0.2) is 15.0 Å². The Morgan fingerprint density at radius 3 is 2.50 bits per heavy atom. The van der Waals surface area contributed by atoms with Crippen LogP contribution in [0.2, 0.25) is 0 Å². The average molecular weight is 440 g/mol. The summed E-state index contributed by atoms with van der Waals surface area (Å²) >= 11 is 3.09. The highest BCUT2D eigenvalue weighted by molar-refractivity contribution is 7.29. The maximum Gasteiger partial charge on any atom is 0.211 e. The van der Waals surface area contributed by atoms with Gasteiger partial charge in [0.2, 0.25) is 5.88 Å². The summed E-state index contributed by atoms with van der Waals surface area (Å²) in [4.78, 5) is 17.4. The summed E-state index contributed by atoms with van der Waals surface area (Å²) in [7, 11) is 2.11. The van der Waals surface area contributed by atoms with Crippen molar-refractivity contribution >= 4 is 37.5 Å². The molecule has 0 aliphatic carbocycles. The number of benzene rings is 1. The number of piperidine rings is 1. The number of nitrogens with zero attached hydrogens (tertiary/aromatic N) is 4. The van der Waals surface area contributed by atoms with Gasteiger partial charge in [0.05, 0.1) is 5.56 Å². The highest BCUT2D eigenvalue weighted by Gasteiger charge is 2.22. The third-order valence-corrected chi connectivity index (χ3v) is 7.58. The van der Waals surface area contributed by atoms with Crippen molar-refractivity contribution in [1.82, 2.24) is 20.3 Å². The Labute approximate surface area is 181 Å². The molecule has 4 aromatic rings. The van der Waals surface area contributed by atoms with Crippen molar-refractivity contribution in [2.75, 3.05) is 25.0 Å². The second-order valence-electron chi connectivity index (χ2n) is 7.35.